The molecule has 3 aromatic heterocycles. The molecule has 9 aromatic carbocycles. The molecule has 0 aliphatic heterocycles. The molecule has 12 aromatic rings. The van der Waals surface area contributed by atoms with Crippen molar-refractivity contribution in [3.05, 3.63) is 255 Å². The molecule has 0 amide bonds. The summed E-state index contributed by atoms with van der Waals surface area (Å²) in [6.07, 6.45) is 0. The van der Waals surface area contributed by atoms with Crippen molar-refractivity contribution >= 4 is 16.3 Å². The summed E-state index contributed by atoms with van der Waals surface area (Å²) in [5.41, 5.74) is 19.1. The summed E-state index contributed by atoms with van der Waals surface area (Å²) < 4.78 is 2.20. The number of aromatic nitrogens is 4. The van der Waals surface area contributed by atoms with E-state index in [1.165, 1.54) is 10.9 Å². The van der Waals surface area contributed by atoms with Crippen LogP contribution >= 0.6 is 0 Å². The summed E-state index contributed by atoms with van der Waals surface area (Å²) >= 11 is 0. The quantitative estimate of drug-likeness (QED) is 0.145. The number of benzene rings is 9. The normalized spacial score (nSPS) is 11.3. The Morgan fingerprint density at radius 1 is 0.269 bits per heavy atom. The van der Waals surface area contributed by atoms with Crippen molar-refractivity contribution in [3.63, 3.8) is 0 Å². The maximum Gasteiger partial charge on any atom is 0.160 e. The minimum absolute atomic E-state index is 0.690. The molecule has 314 valence electrons. The second kappa shape index (κ2) is 17.2. The van der Waals surface area contributed by atoms with Gasteiger partial charge in [-0.2, -0.15) is 5.10 Å². The van der Waals surface area contributed by atoms with Gasteiger partial charge in [0.15, 0.2) is 5.82 Å². The van der Waals surface area contributed by atoms with Crippen LogP contribution in [0.25, 0.3) is 117 Å². The van der Waals surface area contributed by atoms with Gasteiger partial charge in [0.1, 0.15) is 5.69 Å². The van der Waals surface area contributed by atoms with Gasteiger partial charge in [-0.15, -0.1) is 0 Å². The molecule has 0 atom stereocenters. The van der Waals surface area contributed by atoms with Gasteiger partial charge in [-0.3, -0.25) is 0 Å². The van der Waals surface area contributed by atoms with Gasteiger partial charge in [0, 0.05) is 44.3 Å². The minimum Gasteiger partial charge on any atom is -0.231 e. The molecular weight excluding hydrogens is 813 g/mol. The van der Waals surface area contributed by atoms with Crippen LogP contribution in [0, 0.1) is 0 Å². The zero-order valence-electron chi connectivity index (χ0n) is 36.5. The highest BCUT2D eigenvalue weighted by atomic mass is 15.2. The van der Waals surface area contributed by atoms with E-state index in [1.54, 1.807) is 0 Å². The highest BCUT2D eigenvalue weighted by molar-refractivity contribution is 6.15. The first-order valence-corrected chi connectivity index (χ1v) is 22.7. The largest absolute Gasteiger partial charge is 0.231 e. The van der Waals surface area contributed by atoms with E-state index in [9.17, 15) is 0 Å². The highest BCUT2D eigenvalue weighted by Crippen LogP contribution is 2.46. The van der Waals surface area contributed by atoms with E-state index in [-0.39, 0.29) is 0 Å². The Kier molecular flexibility index (Phi) is 10.2. The molecule has 0 aliphatic carbocycles. The van der Waals surface area contributed by atoms with Crippen LogP contribution < -0.4 is 0 Å². The van der Waals surface area contributed by atoms with Crippen LogP contribution in [0.1, 0.15) is 0 Å². The third kappa shape index (κ3) is 7.47. The number of hydrogen-bond donors (Lipinski definition) is 0. The predicted molar refractivity (Wildman–Crippen MR) is 277 cm³/mol. The topological polar surface area (TPSA) is 43.1 Å². The maximum absolute atomic E-state index is 5.55. The molecule has 0 fully saturated rings. The van der Waals surface area contributed by atoms with E-state index >= 15 is 0 Å². The van der Waals surface area contributed by atoms with Crippen LogP contribution in [-0.4, -0.2) is 19.6 Å². The van der Waals surface area contributed by atoms with Crippen molar-refractivity contribution in [2.24, 2.45) is 0 Å². The average molecular weight is 855 g/mol. The van der Waals surface area contributed by atoms with Gasteiger partial charge in [-0.05, 0) is 57.0 Å². The average Bonchev–Trinajstić information content (AvgIpc) is 3.83. The van der Waals surface area contributed by atoms with Crippen LogP contribution in [0.4, 0.5) is 0 Å². The molecule has 0 spiro atoms. The van der Waals surface area contributed by atoms with Crippen molar-refractivity contribution in [1.29, 1.82) is 0 Å². The molecule has 4 heteroatoms. The van der Waals surface area contributed by atoms with E-state index in [4.69, 9.17) is 15.1 Å². The number of hydrogen-bond acceptors (Lipinski definition) is 3. The lowest BCUT2D eigenvalue weighted by atomic mass is 9.90. The first-order valence-electron chi connectivity index (χ1n) is 22.7. The standard InChI is InChI=1S/C63H42N4/c1-6-20-43(21-7-1)50-30-18-32-52(40-50)56-42-57(65-63(64-56)49-28-14-5-15-29-49)53-33-19-31-51(41-53)44-36-38-46(39-37-44)58-54-34-16-17-35-55(54)62-59(45-22-8-2-9-23-45)60(47-24-10-3-11-25-47)66-67(62)61(58)48-26-12-4-13-27-48/h1-42H. The summed E-state index contributed by atoms with van der Waals surface area (Å²) in [6.45, 7) is 0. The Balaban J connectivity index is 0.993. The van der Waals surface area contributed by atoms with Crippen molar-refractivity contribution in [2.45, 2.75) is 0 Å². The second-order valence-corrected chi connectivity index (χ2v) is 16.8. The van der Waals surface area contributed by atoms with Gasteiger partial charge in [-0.1, -0.05) is 237 Å². The minimum atomic E-state index is 0.690. The Labute approximate surface area is 389 Å². The first-order chi connectivity index (χ1) is 33.2. The molecule has 0 aliphatic rings. The fourth-order valence-electron chi connectivity index (χ4n) is 9.44. The SMILES string of the molecule is c1ccc(-c2cccc(-c3cc(-c4cccc(-c5ccc(-c6c(-c7ccccc7)n7nc(-c8ccccc8)c(-c8ccccc8)c7c7ccccc67)cc5)c4)nc(-c4ccccc4)n3)c2)cc1. The monoisotopic (exact) mass is 854 g/mol. The van der Waals surface area contributed by atoms with Gasteiger partial charge >= 0.3 is 0 Å². The van der Waals surface area contributed by atoms with E-state index in [1.807, 2.05) is 24.3 Å². The molecule has 0 N–H and O–H groups in total. The number of nitrogens with zero attached hydrogens (tertiary/aromatic N) is 4. The lowest BCUT2D eigenvalue weighted by Crippen LogP contribution is -2.00. The molecule has 0 unspecified atom stereocenters. The van der Waals surface area contributed by atoms with Gasteiger partial charge in [0.25, 0.3) is 0 Å². The summed E-state index contributed by atoms with van der Waals surface area (Å²) in [7, 11) is 0. The lowest BCUT2D eigenvalue weighted by Gasteiger charge is -2.18. The summed E-state index contributed by atoms with van der Waals surface area (Å²) in [6, 6.07) is 89.9. The van der Waals surface area contributed by atoms with E-state index < -0.39 is 0 Å². The molecule has 3 heterocycles. The molecule has 0 saturated carbocycles. The summed E-state index contributed by atoms with van der Waals surface area (Å²) in [5, 5.41) is 7.87. The number of fused-ring (bicyclic) bond motifs is 3. The predicted octanol–water partition coefficient (Wildman–Crippen LogP) is 16.3. The molecule has 12 rings (SSSR count). The Morgan fingerprint density at radius 3 is 1.24 bits per heavy atom. The van der Waals surface area contributed by atoms with Crippen molar-refractivity contribution in [3.8, 4) is 101 Å². The zero-order valence-corrected chi connectivity index (χ0v) is 36.5. The van der Waals surface area contributed by atoms with Crippen molar-refractivity contribution in [2.75, 3.05) is 0 Å². The van der Waals surface area contributed by atoms with Crippen LogP contribution in [0.3, 0.4) is 0 Å². The fourth-order valence-corrected chi connectivity index (χ4v) is 9.44. The Morgan fingerprint density at radius 2 is 0.672 bits per heavy atom. The van der Waals surface area contributed by atoms with E-state index in [0.717, 1.165) is 100 Å². The third-order valence-corrected chi connectivity index (χ3v) is 12.6. The molecular formula is C63H42N4. The first kappa shape index (κ1) is 39.6. The fraction of sp³-hybridized carbons (Fsp3) is 0. The number of pyridine rings is 1. The molecule has 4 nitrogen and oxygen atoms in total. The lowest BCUT2D eigenvalue weighted by molar-refractivity contribution is 0.981. The highest BCUT2D eigenvalue weighted by Gasteiger charge is 2.25. The van der Waals surface area contributed by atoms with Crippen molar-refractivity contribution < 1.29 is 0 Å². The smallest absolute Gasteiger partial charge is 0.160 e. The van der Waals surface area contributed by atoms with Crippen LogP contribution in [-0.2, 0) is 0 Å². The Hall–Kier alpha value is -8.99. The zero-order chi connectivity index (χ0) is 44.5. The molecule has 67 heavy (non-hydrogen) atoms. The van der Waals surface area contributed by atoms with Gasteiger partial charge in [-0.25, -0.2) is 14.5 Å². The molecule has 0 radical (unpaired) electrons. The summed E-state index contributed by atoms with van der Waals surface area (Å²) in [4.78, 5) is 10.3. The molecule has 0 saturated heterocycles. The van der Waals surface area contributed by atoms with Gasteiger partial charge < -0.3 is 0 Å². The van der Waals surface area contributed by atoms with Gasteiger partial charge in [0.05, 0.1) is 22.6 Å². The second-order valence-electron chi connectivity index (χ2n) is 16.8. The Bertz CT molecular complexity index is 3700. The molecule has 0 bridgehead atoms. The summed E-state index contributed by atoms with van der Waals surface area (Å²) in [5.74, 6) is 0.690. The van der Waals surface area contributed by atoms with E-state index in [2.05, 4.69) is 235 Å². The number of rotatable bonds is 9. The van der Waals surface area contributed by atoms with E-state index in [0.29, 0.717) is 5.82 Å². The van der Waals surface area contributed by atoms with Crippen LogP contribution in [0.2, 0.25) is 0 Å². The van der Waals surface area contributed by atoms with Crippen molar-refractivity contribution in [1.82, 2.24) is 19.6 Å². The third-order valence-electron chi connectivity index (χ3n) is 12.6. The van der Waals surface area contributed by atoms with Crippen LogP contribution in [0.5, 0.6) is 0 Å². The maximum atomic E-state index is 5.55. The van der Waals surface area contributed by atoms with Crippen LogP contribution in [0.15, 0.2) is 255 Å². The van der Waals surface area contributed by atoms with Gasteiger partial charge in [0.2, 0.25) is 0 Å².